The molecule has 0 saturated heterocycles. The normalized spacial score (nSPS) is 10.7. The van der Waals surface area contributed by atoms with Crippen LogP contribution < -0.4 is 31.9 Å². The number of para-hydroxylation sites is 4. The van der Waals surface area contributed by atoms with Gasteiger partial charge in [0.25, 0.3) is 0 Å². The summed E-state index contributed by atoms with van der Waals surface area (Å²) < 4.78 is 42.5. The van der Waals surface area contributed by atoms with Crippen LogP contribution in [0.4, 0.5) is 37.5 Å². The van der Waals surface area contributed by atoms with Gasteiger partial charge in [-0.1, -0.05) is 24.3 Å². The number of benzene rings is 4. The number of nitrogens with two attached hydrogens (primary N) is 1. The summed E-state index contributed by atoms with van der Waals surface area (Å²) in [7, 11) is 5.99. The van der Waals surface area contributed by atoms with E-state index < -0.39 is 32.9 Å². The van der Waals surface area contributed by atoms with E-state index in [0.717, 1.165) is 40.8 Å². The maximum Gasteiger partial charge on any atom is 0.334 e. The Morgan fingerprint density at radius 3 is 1.64 bits per heavy atom. The molecule has 23 heteroatoms. The van der Waals surface area contributed by atoms with Gasteiger partial charge in [-0.25, -0.2) is 28.7 Å². The molecule has 0 aliphatic heterocycles. The van der Waals surface area contributed by atoms with E-state index in [1.54, 1.807) is 42.9 Å². The Labute approximate surface area is 346 Å². The molecular formula is C38H31ClF2N12O8. The fraction of sp³-hybridized carbons (Fsp3) is 0.105. The minimum Gasteiger partial charge on any atom is -0.494 e. The third kappa shape index (κ3) is 8.63. The van der Waals surface area contributed by atoms with Gasteiger partial charge in [0.05, 0.1) is 57.5 Å². The number of halogens is 3. The van der Waals surface area contributed by atoms with Gasteiger partial charge >= 0.3 is 22.8 Å². The Balaban J connectivity index is 0.000000170. The predicted molar refractivity (Wildman–Crippen MR) is 220 cm³/mol. The Bertz CT molecular complexity index is 3100. The average molecular weight is 857 g/mol. The number of hydrogen-bond acceptors (Lipinski definition) is 14. The maximum absolute atomic E-state index is 13.9. The summed E-state index contributed by atoms with van der Waals surface area (Å²) in [6.07, 6.45) is 2.96. The van der Waals surface area contributed by atoms with E-state index in [0.29, 0.717) is 17.2 Å². The minimum absolute atomic E-state index is 0.0365. The van der Waals surface area contributed by atoms with E-state index in [4.69, 9.17) is 22.1 Å². The van der Waals surface area contributed by atoms with E-state index in [9.17, 15) is 38.6 Å². The zero-order chi connectivity index (χ0) is 44.1. The van der Waals surface area contributed by atoms with Crippen molar-refractivity contribution in [2.24, 2.45) is 14.1 Å². The number of nitrogens with one attached hydrogen (secondary N) is 1. The van der Waals surface area contributed by atoms with Gasteiger partial charge in [-0.05, 0) is 35.9 Å². The van der Waals surface area contributed by atoms with Crippen LogP contribution in [0, 0.1) is 31.9 Å². The van der Waals surface area contributed by atoms with Gasteiger partial charge in [-0.2, -0.15) is 18.7 Å². The fourth-order valence-electron chi connectivity index (χ4n) is 5.96. The summed E-state index contributed by atoms with van der Waals surface area (Å²) in [6.45, 7) is 0. The Hall–Kier alpha value is -8.27. The molecule has 4 aromatic heterocycles. The number of aryl methyl sites for hydroxylation is 2. The summed E-state index contributed by atoms with van der Waals surface area (Å²) in [5.74, 6) is -1.05. The second kappa shape index (κ2) is 17.7. The van der Waals surface area contributed by atoms with Gasteiger partial charge < -0.3 is 20.5 Å². The highest BCUT2D eigenvalue weighted by Gasteiger charge is 2.21. The van der Waals surface area contributed by atoms with Crippen molar-refractivity contribution in [3.63, 3.8) is 0 Å². The van der Waals surface area contributed by atoms with Gasteiger partial charge in [-0.15, -0.1) is 0 Å². The van der Waals surface area contributed by atoms with Gasteiger partial charge in [0, 0.05) is 62.9 Å². The van der Waals surface area contributed by atoms with Gasteiger partial charge in [0.2, 0.25) is 22.9 Å². The van der Waals surface area contributed by atoms with Crippen LogP contribution in [-0.4, -0.2) is 62.3 Å². The van der Waals surface area contributed by atoms with Gasteiger partial charge in [0.15, 0.2) is 0 Å². The number of imidazole rings is 2. The lowest BCUT2D eigenvalue weighted by atomic mass is 10.2. The van der Waals surface area contributed by atoms with Crippen LogP contribution >= 0.6 is 11.6 Å². The summed E-state index contributed by atoms with van der Waals surface area (Å²) in [5, 5.41) is 24.2. The third-order valence-electron chi connectivity index (χ3n) is 8.84. The van der Waals surface area contributed by atoms with Crippen LogP contribution in [0.15, 0.2) is 107 Å². The van der Waals surface area contributed by atoms with Crippen LogP contribution in [0.2, 0.25) is 5.28 Å². The summed E-state index contributed by atoms with van der Waals surface area (Å²) >= 11 is 5.76. The van der Waals surface area contributed by atoms with Crippen molar-refractivity contribution in [1.29, 1.82) is 0 Å². The Morgan fingerprint density at radius 1 is 0.689 bits per heavy atom. The highest BCUT2D eigenvalue weighted by molar-refractivity contribution is 6.28. The Kier molecular flexibility index (Phi) is 12.3. The molecule has 8 aromatic rings. The summed E-state index contributed by atoms with van der Waals surface area (Å²) in [6, 6.07) is 21.7. The largest absolute Gasteiger partial charge is 0.494 e. The number of ether oxygens (including phenoxy) is 2. The number of anilines is 3. The van der Waals surface area contributed by atoms with Crippen molar-refractivity contribution in [1.82, 2.24) is 38.2 Å². The summed E-state index contributed by atoms with van der Waals surface area (Å²) in [4.78, 5) is 60.9. The predicted octanol–water partition coefficient (Wildman–Crippen LogP) is 6.02. The number of hydrogen-bond donors (Lipinski definition) is 2. The highest BCUT2D eigenvalue weighted by atomic mass is 35.5. The van der Waals surface area contributed by atoms with Crippen molar-refractivity contribution in [2.45, 2.75) is 0 Å². The first kappa shape index (κ1) is 42.3. The van der Waals surface area contributed by atoms with Crippen molar-refractivity contribution in [3.8, 4) is 23.1 Å². The molecule has 0 fully saturated rings. The quantitative estimate of drug-likeness (QED) is 0.0768. The topological polar surface area (TPSA) is 248 Å². The molecule has 4 aromatic carbocycles. The second-order valence-electron chi connectivity index (χ2n) is 12.4. The molecule has 0 atom stereocenters. The van der Waals surface area contributed by atoms with Crippen molar-refractivity contribution >= 4 is 62.4 Å². The molecule has 0 unspecified atom stereocenters. The zero-order valence-electron chi connectivity index (χ0n) is 32.2. The average Bonchev–Trinajstić information content (AvgIpc) is 3.66. The molecule has 61 heavy (non-hydrogen) atoms. The molecule has 0 radical (unpaired) electrons. The first-order valence-electron chi connectivity index (χ1n) is 17.4. The van der Waals surface area contributed by atoms with E-state index >= 15 is 0 Å². The number of nitrogens with zero attached hydrogens (tertiary/aromatic N) is 10. The maximum atomic E-state index is 13.9. The Morgan fingerprint density at radius 2 is 1.15 bits per heavy atom. The van der Waals surface area contributed by atoms with E-state index in [1.165, 1.54) is 40.3 Å². The molecule has 0 spiro atoms. The van der Waals surface area contributed by atoms with Gasteiger partial charge in [0.1, 0.15) is 23.1 Å². The second-order valence-corrected chi connectivity index (χ2v) is 12.8. The standard InChI is InChI=1S/C19H15FN6O4.C12H9ClN4O.C7H7FN2O3/c1-24-13-5-3-4-6-14(13)25(19(24)27)17-7-8-21-18(23-17)22-12-10-15(26(28)29)11(20)9-16(12)30-2;1-16-8-4-2-3-5-9(8)17(12(16)18)10-6-7-14-11(13)15-10;1-13-7-2-4(8)6(10(11)12)3-5(7)9/h3-10H,1-2H3,(H,21,22,23);2-7H,1H3;2-3H,9H2,1H3. The molecule has 0 aliphatic carbocycles. The fourth-order valence-corrected chi connectivity index (χ4v) is 6.10. The zero-order valence-corrected chi connectivity index (χ0v) is 32.9. The SMILES string of the molecule is COc1cc(F)c([N+](=O)[O-])cc1N.COc1cc(F)c([N+](=O)[O-])cc1Nc1nccc(-n2c(=O)n(C)c3ccccc32)n1.Cn1c(=O)n(-c2ccnc(Cl)n2)c2ccccc21. The molecule has 3 N–H and O–H groups in total. The first-order valence-corrected chi connectivity index (χ1v) is 17.7. The lowest BCUT2D eigenvalue weighted by Gasteiger charge is -2.11. The molecule has 0 bridgehead atoms. The van der Waals surface area contributed by atoms with Crippen molar-refractivity contribution in [2.75, 3.05) is 25.3 Å². The number of rotatable bonds is 8. The third-order valence-corrected chi connectivity index (χ3v) is 9.03. The number of nitro groups is 2. The van der Waals surface area contributed by atoms with Crippen molar-refractivity contribution in [3.05, 3.63) is 155 Å². The lowest BCUT2D eigenvalue weighted by molar-refractivity contribution is -0.387. The van der Waals surface area contributed by atoms with Crippen LogP contribution in [0.25, 0.3) is 33.7 Å². The van der Waals surface area contributed by atoms with Crippen molar-refractivity contribution < 1.29 is 28.1 Å². The molecule has 0 amide bonds. The van der Waals surface area contributed by atoms with E-state index in [1.807, 2.05) is 36.4 Å². The number of nitrogen functional groups attached to an aromatic ring is 1. The monoisotopic (exact) mass is 856 g/mol. The van der Waals surface area contributed by atoms with Crippen LogP contribution in [0.1, 0.15) is 0 Å². The molecular weight excluding hydrogens is 826 g/mol. The van der Waals surface area contributed by atoms with Crippen LogP contribution in [0.5, 0.6) is 11.5 Å². The molecule has 8 rings (SSSR count). The van der Waals surface area contributed by atoms with E-state index in [-0.39, 0.29) is 45.5 Å². The molecule has 0 saturated carbocycles. The lowest BCUT2D eigenvalue weighted by Crippen LogP contribution is -2.21. The molecule has 312 valence electrons. The first-order chi connectivity index (χ1) is 29.1. The highest BCUT2D eigenvalue weighted by Crippen LogP contribution is 2.33. The number of nitro benzene ring substituents is 2. The molecule has 4 heterocycles. The smallest absolute Gasteiger partial charge is 0.334 e. The minimum atomic E-state index is -1.03. The number of fused-ring (bicyclic) bond motifs is 2. The van der Waals surface area contributed by atoms with Gasteiger partial charge in [-0.3, -0.25) is 29.4 Å². The molecule has 20 nitrogen and oxygen atoms in total. The number of aromatic nitrogens is 8. The van der Waals surface area contributed by atoms with Crippen LogP contribution in [-0.2, 0) is 14.1 Å². The van der Waals surface area contributed by atoms with E-state index in [2.05, 4.69) is 30.0 Å². The number of methoxy groups -OCH3 is 2. The molecule has 0 aliphatic rings. The summed E-state index contributed by atoms with van der Waals surface area (Å²) in [5.41, 5.74) is 6.67. The van der Waals surface area contributed by atoms with Crippen LogP contribution in [0.3, 0.4) is 0 Å².